The molecule has 2 aromatic carbocycles. The number of aromatic nitrogens is 4. The molecule has 5 heterocycles. The lowest BCUT2D eigenvalue weighted by Gasteiger charge is -2.26. The predicted octanol–water partition coefficient (Wildman–Crippen LogP) is 4.23. The Balaban J connectivity index is 1.29. The van der Waals surface area contributed by atoms with Crippen molar-refractivity contribution in [1.29, 1.82) is 5.26 Å². The van der Waals surface area contributed by atoms with Crippen molar-refractivity contribution in [2.24, 2.45) is 0 Å². The van der Waals surface area contributed by atoms with Crippen molar-refractivity contribution < 1.29 is 29.3 Å². The second kappa shape index (κ2) is 7.81. The summed E-state index contributed by atoms with van der Waals surface area (Å²) in [7, 11) is 0. The van der Waals surface area contributed by atoms with E-state index < -0.39 is 17.3 Å². The molecule has 11 nitrogen and oxygen atoms in total. The molecule has 5 aromatic rings. The van der Waals surface area contributed by atoms with Gasteiger partial charge in [0.2, 0.25) is 11.8 Å². The molecule has 1 saturated heterocycles. The number of halogens is 1. The Morgan fingerprint density at radius 2 is 2.00 bits per heavy atom. The molecule has 7 rings (SSSR count). The smallest absolute Gasteiger partial charge is 0.262 e. The van der Waals surface area contributed by atoms with Crippen molar-refractivity contribution in [1.82, 2.24) is 18.5 Å². The van der Waals surface area contributed by atoms with Crippen LogP contribution >= 0.6 is 23.3 Å². The lowest BCUT2D eigenvalue weighted by Crippen LogP contribution is -2.33. The van der Waals surface area contributed by atoms with Gasteiger partial charge in [0.25, 0.3) is 5.88 Å². The monoisotopic (exact) mass is 551 g/mol. The van der Waals surface area contributed by atoms with Crippen LogP contribution in [0.4, 0.5) is 0 Å². The van der Waals surface area contributed by atoms with Crippen molar-refractivity contribution in [3.63, 3.8) is 0 Å². The lowest BCUT2D eigenvalue weighted by atomic mass is 9.76. The molecule has 3 N–H and O–H groups in total. The van der Waals surface area contributed by atoms with Crippen LogP contribution in [0.5, 0.6) is 17.6 Å². The van der Waals surface area contributed by atoms with Crippen LogP contribution in [0.15, 0.2) is 34.9 Å². The van der Waals surface area contributed by atoms with E-state index in [-0.39, 0.29) is 37.1 Å². The molecule has 0 saturated carbocycles. The summed E-state index contributed by atoms with van der Waals surface area (Å²) in [5, 5.41) is 48.4. The van der Waals surface area contributed by atoms with Gasteiger partial charge in [-0.1, -0.05) is 11.6 Å². The highest BCUT2D eigenvalue weighted by Gasteiger charge is 2.66. The average Bonchev–Trinajstić information content (AvgIpc) is 3.67. The molecule has 1 fully saturated rings. The average molecular weight is 552 g/mol. The Hall–Kier alpha value is -3.89. The number of aromatic hydroxyl groups is 2. The van der Waals surface area contributed by atoms with Crippen LogP contribution in [0.1, 0.15) is 36.5 Å². The van der Waals surface area contributed by atoms with Crippen molar-refractivity contribution in [2.75, 3.05) is 6.61 Å². The zero-order valence-corrected chi connectivity index (χ0v) is 21.2. The van der Waals surface area contributed by atoms with Gasteiger partial charge in [-0.25, -0.2) is 4.57 Å². The van der Waals surface area contributed by atoms with E-state index in [1.165, 1.54) is 4.57 Å². The Bertz CT molecular complexity index is 1820. The molecule has 0 radical (unpaired) electrons. The van der Waals surface area contributed by atoms with Crippen molar-refractivity contribution in [3.05, 3.63) is 52.0 Å². The molecule has 13 heteroatoms. The third kappa shape index (κ3) is 2.92. The molecule has 38 heavy (non-hydrogen) atoms. The van der Waals surface area contributed by atoms with E-state index in [4.69, 9.17) is 25.6 Å². The van der Waals surface area contributed by atoms with Gasteiger partial charge in [-0.05, 0) is 42.4 Å². The SMILES string of the molecule is C[C@]12O[C@](CCOc3noc4ccc(Cl)cc34)(C[C@@H]1O)c1c2c(O)n(-c2ccc(C#N)c3nsnc23)c1O. The number of nitrogens with zero attached hydrogens (tertiary/aromatic N) is 5. The van der Waals surface area contributed by atoms with Gasteiger partial charge in [0, 0.05) is 17.9 Å². The summed E-state index contributed by atoms with van der Waals surface area (Å²) in [5.41, 5.74) is 0.215. The van der Waals surface area contributed by atoms with E-state index in [2.05, 4.69) is 20.0 Å². The molecule has 0 amide bonds. The zero-order chi connectivity index (χ0) is 26.4. The van der Waals surface area contributed by atoms with Crippen molar-refractivity contribution >= 4 is 45.3 Å². The molecule has 0 spiro atoms. The third-order valence-electron chi connectivity index (χ3n) is 7.54. The maximum absolute atomic E-state index is 11.5. The summed E-state index contributed by atoms with van der Waals surface area (Å²) in [4.78, 5) is 0. The van der Waals surface area contributed by atoms with E-state index in [1.807, 2.05) is 0 Å². The van der Waals surface area contributed by atoms with Crippen LogP contribution in [-0.2, 0) is 15.9 Å². The number of aliphatic hydroxyl groups is 1. The highest BCUT2D eigenvalue weighted by molar-refractivity contribution is 7.00. The number of benzene rings is 2. The van der Waals surface area contributed by atoms with Crippen LogP contribution in [0, 0.1) is 11.3 Å². The van der Waals surface area contributed by atoms with Gasteiger partial charge in [0.05, 0.1) is 52.2 Å². The fraction of sp³-hybridized carbons (Fsp3) is 0.280. The first-order chi connectivity index (χ1) is 18.3. The number of hydrogen-bond acceptors (Lipinski definition) is 11. The van der Waals surface area contributed by atoms with Crippen LogP contribution in [0.2, 0.25) is 5.02 Å². The molecule has 2 aliphatic heterocycles. The highest BCUT2D eigenvalue weighted by Crippen LogP contribution is 2.65. The zero-order valence-electron chi connectivity index (χ0n) is 19.7. The molecule has 3 atom stereocenters. The molecule has 0 aliphatic carbocycles. The van der Waals surface area contributed by atoms with Gasteiger partial charge in [-0.15, -0.1) is 0 Å². The molecule has 192 valence electrons. The van der Waals surface area contributed by atoms with Crippen molar-refractivity contribution in [2.45, 2.75) is 37.1 Å². The summed E-state index contributed by atoms with van der Waals surface area (Å²) in [6, 6.07) is 10.3. The quantitative estimate of drug-likeness (QED) is 0.288. The minimum Gasteiger partial charge on any atom is -0.494 e. The maximum atomic E-state index is 11.5. The number of nitriles is 1. The highest BCUT2D eigenvalue weighted by atomic mass is 35.5. The van der Waals surface area contributed by atoms with E-state index in [0.717, 1.165) is 11.7 Å². The number of ether oxygens (including phenoxy) is 2. The summed E-state index contributed by atoms with van der Waals surface area (Å²) in [6.45, 7) is 1.79. The van der Waals surface area contributed by atoms with Crippen LogP contribution in [-0.4, -0.2) is 46.5 Å². The number of hydrogen-bond donors (Lipinski definition) is 3. The van der Waals surface area contributed by atoms with Gasteiger partial charge in [-0.2, -0.15) is 14.0 Å². The first-order valence-electron chi connectivity index (χ1n) is 11.7. The molecule has 2 bridgehead atoms. The van der Waals surface area contributed by atoms with Gasteiger partial charge in [0.1, 0.15) is 28.3 Å². The molecular weight excluding hydrogens is 534 g/mol. The van der Waals surface area contributed by atoms with Crippen LogP contribution in [0.3, 0.4) is 0 Å². The first kappa shape index (κ1) is 23.2. The van der Waals surface area contributed by atoms with E-state index >= 15 is 0 Å². The van der Waals surface area contributed by atoms with Gasteiger partial charge in [0.15, 0.2) is 5.58 Å². The lowest BCUT2D eigenvalue weighted by molar-refractivity contribution is -0.107. The van der Waals surface area contributed by atoms with Gasteiger partial charge in [-0.3, -0.25) is 0 Å². The topological polar surface area (TPSA) is 160 Å². The fourth-order valence-electron chi connectivity index (χ4n) is 5.78. The molecular formula is C25H18ClN5O6S. The standard InChI is InChI=1S/C25H18ClN5O6S/c1-24-16(32)9-25(37-24,6-7-35-21-13-8-12(26)3-5-15(13)36-28-21)18-17(24)22(33)31(23(18)34)14-4-2-11(10-27)19-20(14)30-38-29-19/h2-5,8,16,32-34H,6-7,9H2,1H3/t16-,24-,25+/m0/s1. The maximum Gasteiger partial charge on any atom is 0.262 e. The first-order valence-corrected chi connectivity index (χ1v) is 12.8. The third-order valence-corrected chi connectivity index (χ3v) is 8.30. The Labute approximate surface area is 223 Å². The minimum atomic E-state index is -1.26. The predicted molar refractivity (Wildman–Crippen MR) is 135 cm³/mol. The van der Waals surface area contributed by atoms with E-state index in [0.29, 0.717) is 49.4 Å². The normalized spacial score (nSPS) is 23.8. The summed E-state index contributed by atoms with van der Waals surface area (Å²) in [6.07, 6.45) is -0.520. The fourth-order valence-corrected chi connectivity index (χ4v) is 6.52. The number of fused-ring (bicyclic) bond motifs is 7. The Morgan fingerprint density at radius 3 is 2.82 bits per heavy atom. The second-order valence-corrected chi connectivity index (χ2v) is 10.6. The van der Waals surface area contributed by atoms with Gasteiger partial charge < -0.3 is 29.3 Å². The van der Waals surface area contributed by atoms with Gasteiger partial charge >= 0.3 is 0 Å². The summed E-state index contributed by atoms with van der Waals surface area (Å²) in [5.74, 6) is -0.262. The molecule has 3 aromatic heterocycles. The van der Waals surface area contributed by atoms with Crippen LogP contribution < -0.4 is 4.74 Å². The Morgan fingerprint density at radius 1 is 1.21 bits per heavy atom. The molecule has 0 unspecified atom stereocenters. The van der Waals surface area contributed by atoms with Crippen molar-refractivity contribution in [3.8, 4) is 29.4 Å². The largest absolute Gasteiger partial charge is 0.494 e. The van der Waals surface area contributed by atoms with E-state index in [9.17, 15) is 20.6 Å². The summed E-state index contributed by atoms with van der Waals surface area (Å²) >= 11 is 7.03. The minimum absolute atomic E-state index is 0.110. The Kier molecular flexibility index (Phi) is 4.78. The van der Waals surface area contributed by atoms with E-state index in [1.54, 1.807) is 37.3 Å². The molecule has 2 aliphatic rings. The van der Waals surface area contributed by atoms with Crippen LogP contribution in [0.25, 0.3) is 27.7 Å². The number of rotatable bonds is 5. The summed E-state index contributed by atoms with van der Waals surface area (Å²) < 4.78 is 27.3. The second-order valence-electron chi connectivity index (χ2n) is 9.59. The number of aliphatic hydroxyl groups excluding tert-OH is 1.